The minimum Gasteiger partial charge on any atom is -0.384 e. The molecule has 1 N–H and O–H groups in total. The van der Waals surface area contributed by atoms with E-state index in [0.717, 1.165) is 4.31 Å². The van der Waals surface area contributed by atoms with E-state index in [4.69, 9.17) is 33.0 Å². The van der Waals surface area contributed by atoms with E-state index in [2.05, 4.69) is 11.8 Å². The van der Waals surface area contributed by atoms with Crippen molar-refractivity contribution in [1.82, 2.24) is 4.31 Å². The molecule has 0 unspecified atom stereocenters. The molecular formula is C13H15Cl2NO4S. The first-order valence-corrected chi connectivity index (χ1v) is 8.08. The maximum Gasteiger partial charge on any atom is 0.245 e. The van der Waals surface area contributed by atoms with Crippen molar-refractivity contribution < 1.29 is 18.3 Å². The molecule has 21 heavy (non-hydrogen) atoms. The lowest BCUT2D eigenvalue weighted by Gasteiger charge is -2.18. The van der Waals surface area contributed by atoms with Crippen LogP contribution in [-0.2, 0) is 14.8 Å². The third-order valence-electron chi connectivity index (χ3n) is 2.59. The predicted octanol–water partition coefficient (Wildman–Crippen LogP) is 1.60. The number of benzene rings is 1. The molecular weight excluding hydrogens is 337 g/mol. The van der Waals surface area contributed by atoms with Gasteiger partial charge < -0.3 is 9.84 Å². The van der Waals surface area contributed by atoms with Gasteiger partial charge in [-0.15, -0.1) is 0 Å². The first-order chi connectivity index (χ1) is 9.84. The molecule has 0 aliphatic rings. The fraction of sp³-hybridized carbons (Fsp3) is 0.385. The first-order valence-electron chi connectivity index (χ1n) is 5.88. The van der Waals surface area contributed by atoms with Gasteiger partial charge in [0.15, 0.2) is 0 Å². The number of methoxy groups -OCH3 is 1. The summed E-state index contributed by atoms with van der Waals surface area (Å²) in [5, 5.41) is 8.61. The highest BCUT2D eigenvalue weighted by atomic mass is 35.5. The Morgan fingerprint density at radius 3 is 2.38 bits per heavy atom. The van der Waals surface area contributed by atoms with E-state index in [1.165, 1.54) is 26.3 Å². The summed E-state index contributed by atoms with van der Waals surface area (Å²) in [6, 6.07) is 2.79. The smallest absolute Gasteiger partial charge is 0.245 e. The Labute approximate surface area is 134 Å². The molecule has 116 valence electrons. The lowest BCUT2D eigenvalue weighted by molar-refractivity contribution is 0.185. The molecule has 1 aromatic carbocycles. The summed E-state index contributed by atoms with van der Waals surface area (Å²) in [5.74, 6) is 5.06. The van der Waals surface area contributed by atoms with Gasteiger partial charge in [0.2, 0.25) is 10.0 Å². The minimum atomic E-state index is -3.82. The van der Waals surface area contributed by atoms with Gasteiger partial charge in [0.1, 0.15) is 11.5 Å². The highest BCUT2D eigenvalue weighted by molar-refractivity contribution is 7.89. The average molecular weight is 352 g/mol. The molecule has 0 fully saturated rings. The number of rotatable bonds is 5. The number of nitrogens with zero attached hydrogens (tertiary/aromatic N) is 1. The molecule has 0 radical (unpaired) electrons. The molecule has 0 saturated heterocycles. The second-order valence-electron chi connectivity index (χ2n) is 4.05. The quantitative estimate of drug-likeness (QED) is 0.818. The molecule has 5 nitrogen and oxygen atoms in total. The van der Waals surface area contributed by atoms with Crippen LogP contribution in [0.15, 0.2) is 17.0 Å². The van der Waals surface area contributed by atoms with Crippen molar-refractivity contribution >= 4 is 33.2 Å². The second-order valence-corrected chi connectivity index (χ2v) is 6.84. The first kappa shape index (κ1) is 18.2. The molecule has 0 spiro atoms. The Morgan fingerprint density at radius 1 is 1.33 bits per heavy atom. The maximum absolute atomic E-state index is 12.4. The number of ether oxygens (including phenoxy) is 1. The highest BCUT2D eigenvalue weighted by Crippen LogP contribution is 2.32. The average Bonchev–Trinajstić information content (AvgIpc) is 2.41. The van der Waals surface area contributed by atoms with Gasteiger partial charge >= 0.3 is 0 Å². The zero-order valence-electron chi connectivity index (χ0n) is 11.6. The summed E-state index contributed by atoms with van der Waals surface area (Å²) < 4.78 is 30.8. The summed E-state index contributed by atoms with van der Waals surface area (Å²) in [4.78, 5) is -0.168. The van der Waals surface area contributed by atoms with Gasteiger partial charge in [0, 0.05) is 26.3 Å². The van der Waals surface area contributed by atoms with Crippen LogP contribution >= 0.6 is 23.2 Å². The maximum atomic E-state index is 12.4. The monoisotopic (exact) mass is 351 g/mol. The fourth-order valence-electron chi connectivity index (χ4n) is 1.52. The van der Waals surface area contributed by atoms with Crippen molar-refractivity contribution in [1.29, 1.82) is 0 Å². The van der Waals surface area contributed by atoms with Gasteiger partial charge in [-0.3, -0.25) is 0 Å². The van der Waals surface area contributed by atoms with Crippen LogP contribution < -0.4 is 0 Å². The van der Waals surface area contributed by atoms with E-state index in [1.807, 2.05) is 0 Å². The van der Waals surface area contributed by atoms with Crippen molar-refractivity contribution in [2.24, 2.45) is 0 Å². The zero-order chi connectivity index (χ0) is 16.0. The van der Waals surface area contributed by atoms with E-state index >= 15 is 0 Å². The Balaban J connectivity index is 3.24. The summed E-state index contributed by atoms with van der Waals surface area (Å²) >= 11 is 12.0. The van der Waals surface area contributed by atoms with Gasteiger partial charge in [-0.05, 0) is 12.1 Å². The van der Waals surface area contributed by atoms with Gasteiger partial charge in [-0.25, -0.2) is 8.42 Å². The van der Waals surface area contributed by atoms with Crippen molar-refractivity contribution in [2.75, 3.05) is 33.9 Å². The molecule has 8 heteroatoms. The van der Waals surface area contributed by atoms with Gasteiger partial charge in [0.25, 0.3) is 0 Å². The lowest BCUT2D eigenvalue weighted by Crippen LogP contribution is -2.30. The molecule has 0 aliphatic heterocycles. The Kier molecular flexibility index (Phi) is 6.94. The normalized spacial score (nSPS) is 11.3. The number of halogens is 2. The molecule has 0 amide bonds. The molecule has 0 saturated carbocycles. The van der Waals surface area contributed by atoms with Crippen LogP contribution in [0.2, 0.25) is 10.0 Å². The van der Waals surface area contributed by atoms with Gasteiger partial charge in [-0.2, -0.15) is 4.31 Å². The van der Waals surface area contributed by atoms with E-state index in [9.17, 15) is 8.42 Å². The summed E-state index contributed by atoms with van der Waals surface area (Å²) in [6.45, 7) is 0.123. The molecule has 0 heterocycles. The molecule has 0 bridgehead atoms. The van der Waals surface area contributed by atoms with E-state index in [1.54, 1.807) is 0 Å². The van der Waals surface area contributed by atoms with Crippen LogP contribution in [-0.4, -0.2) is 51.7 Å². The summed E-state index contributed by atoms with van der Waals surface area (Å²) in [5.41, 5.74) is 0.428. The number of aliphatic hydroxyl groups is 1. The third kappa shape index (κ3) is 4.58. The highest BCUT2D eigenvalue weighted by Gasteiger charge is 2.26. The Bertz CT molecular complexity index is 641. The van der Waals surface area contributed by atoms with Crippen LogP contribution in [0.3, 0.4) is 0 Å². The fourth-order valence-corrected chi connectivity index (χ4v) is 3.83. The number of hydrogen-bond donors (Lipinski definition) is 1. The third-order valence-corrected chi connectivity index (χ3v) is 5.37. The van der Waals surface area contributed by atoms with Crippen molar-refractivity contribution in [2.45, 2.75) is 4.90 Å². The van der Waals surface area contributed by atoms with Crippen molar-refractivity contribution in [3.63, 3.8) is 0 Å². The van der Waals surface area contributed by atoms with Crippen LogP contribution in [0.4, 0.5) is 0 Å². The molecule has 0 aliphatic carbocycles. The van der Waals surface area contributed by atoms with Gasteiger partial charge in [-0.1, -0.05) is 35.0 Å². The Hall–Kier alpha value is -0.810. The van der Waals surface area contributed by atoms with E-state index in [-0.39, 0.29) is 34.7 Å². The van der Waals surface area contributed by atoms with E-state index < -0.39 is 10.0 Å². The molecule has 1 aromatic rings. The Morgan fingerprint density at radius 2 is 1.90 bits per heavy atom. The minimum absolute atomic E-state index is 0.0194. The standard InChI is InChI=1S/C13H15Cl2NO4S/c1-16(5-7-20-2)21(18,19)13-11(14)8-10(4-3-6-17)9-12(13)15/h8-9,17H,5-7H2,1-2H3. The van der Waals surface area contributed by atoms with Crippen LogP contribution in [0.25, 0.3) is 0 Å². The molecule has 0 aromatic heterocycles. The topological polar surface area (TPSA) is 66.8 Å². The predicted molar refractivity (Wildman–Crippen MR) is 82.1 cm³/mol. The van der Waals surface area contributed by atoms with Gasteiger partial charge in [0.05, 0.1) is 16.7 Å². The van der Waals surface area contributed by atoms with E-state index in [0.29, 0.717) is 5.56 Å². The van der Waals surface area contributed by atoms with Crippen LogP contribution in [0, 0.1) is 11.8 Å². The number of likely N-dealkylation sites (N-methyl/N-ethyl adjacent to an activating group) is 1. The van der Waals surface area contributed by atoms with Crippen LogP contribution in [0.1, 0.15) is 5.56 Å². The number of hydrogen-bond acceptors (Lipinski definition) is 4. The molecule has 1 rings (SSSR count). The van der Waals surface area contributed by atoms with Crippen molar-refractivity contribution in [3.8, 4) is 11.8 Å². The molecule has 0 atom stereocenters. The zero-order valence-corrected chi connectivity index (χ0v) is 13.9. The number of aliphatic hydroxyl groups excluding tert-OH is 1. The summed E-state index contributed by atoms with van der Waals surface area (Å²) in [7, 11) is -0.920. The van der Waals surface area contributed by atoms with Crippen LogP contribution in [0.5, 0.6) is 0 Å². The largest absolute Gasteiger partial charge is 0.384 e. The SMILES string of the molecule is COCCN(C)S(=O)(=O)c1c(Cl)cc(C#CCO)cc1Cl. The summed E-state index contributed by atoms with van der Waals surface area (Å²) in [6.07, 6.45) is 0. The lowest BCUT2D eigenvalue weighted by atomic mass is 10.2. The second kappa shape index (κ2) is 7.99. The van der Waals surface area contributed by atoms with Crippen molar-refractivity contribution in [3.05, 3.63) is 27.7 Å². The number of sulfonamides is 1.